The average Bonchev–Trinajstić information content (AvgIpc) is 2.49. The maximum absolute atomic E-state index is 10.2. The number of aliphatic hydroxyl groups is 1. The van der Waals surface area contributed by atoms with Gasteiger partial charge in [0.15, 0.2) is 0 Å². The van der Waals surface area contributed by atoms with Crippen LogP contribution in [-0.2, 0) is 0 Å². The van der Waals surface area contributed by atoms with Gasteiger partial charge in [-0.3, -0.25) is 0 Å². The van der Waals surface area contributed by atoms with Crippen molar-refractivity contribution in [1.29, 1.82) is 0 Å². The van der Waals surface area contributed by atoms with Gasteiger partial charge in [-0.25, -0.2) is 0 Å². The van der Waals surface area contributed by atoms with Crippen molar-refractivity contribution in [2.45, 2.75) is 58.1 Å². The molecule has 0 bridgehead atoms. The lowest BCUT2D eigenvalue weighted by Gasteiger charge is -2.20. The first-order chi connectivity index (χ1) is 9.71. The van der Waals surface area contributed by atoms with Gasteiger partial charge >= 0.3 is 0 Å². The summed E-state index contributed by atoms with van der Waals surface area (Å²) in [5.74, 6) is 0.820. The maximum Gasteiger partial charge on any atom is 0.118 e. The zero-order valence-electron chi connectivity index (χ0n) is 13.1. The second-order valence-electron chi connectivity index (χ2n) is 5.33. The van der Waals surface area contributed by atoms with E-state index in [1.54, 1.807) is 7.11 Å². The van der Waals surface area contributed by atoms with Gasteiger partial charge < -0.3 is 15.2 Å². The molecule has 2 atom stereocenters. The molecule has 0 amide bonds. The van der Waals surface area contributed by atoms with Crippen LogP contribution in [0.25, 0.3) is 0 Å². The van der Waals surface area contributed by atoms with Crippen molar-refractivity contribution in [3.8, 4) is 5.75 Å². The van der Waals surface area contributed by atoms with E-state index < -0.39 is 6.10 Å². The molecule has 0 aliphatic carbocycles. The van der Waals surface area contributed by atoms with Crippen molar-refractivity contribution < 1.29 is 9.84 Å². The fourth-order valence-corrected chi connectivity index (χ4v) is 2.37. The van der Waals surface area contributed by atoms with Gasteiger partial charge in [-0.15, -0.1) is 0 Å². The molecule has 2 N–H and O–H groups in total. The minimum absolute atomic E-state index is 0.457. The van der Waals surface area contributed by atoms with E-state index >= 15 is 0 Å². The van der Waals surface area contributed by atoms with Crippen LogP contribution in [0.4, 0.5) is 0 Å². The Morgan fingerprint density at radius 3 is 2.35 bits per heavy atom. The van der Waals surface area contributed by atoms with Crippen molar-refractivity contribution >= 4 is 0 Å². The van der Waals surface area contributed by atoms with Crippen LogP contribution in [0.1, 0.15) is 57.6 Å². The molecule has 3 nitrogen and oxygen atoms in total. The molecule has 0 saturated carbocycles. The number of unbranched alkanes of at least 4 members (excludes halogenated alkanes) is 1. The van der Waals surface area contributed by atoms with Crippen molar-refractivity contribution in [1.82, 2.24) is 5.32 Å². The molecule has 0 saturated heterocycles. The maximum atomic E-state index is 10.2. The lowest BCUT2D eigenvalue weighted by molar-refractivity contribution is 0.167. The van der Waals surface area contributed by atoms with Gasteiger partial charge in [-0.1, -0.05) is 45.2 Å². The largest absolute Gasteiger partial charge is 0.497 e. The molecule has 0 aliphatic rings. The summed E-state index contributed by atoms with van der Waals surface area (Å²) in [4.78, 5) is 0. The summed E-state index contributed by atoms with van der Waals surface area (Å²) in [7, 11) is 1.65. The summed E-state index contributed by atoms with van der Waals surface area (Å²) in [5, 5.41) is 13.7. The molecule has 0 fully saturated rings. The summed E-state index contributed by atoms with van der Waals surface area (Å²) in [6.07, 6.45) is 5.57. The molecule has 0 radical (unpaired) electrons. The minimum atomic E-state index is -0.457. The van der Waals surface area contributed by atoms with Gasteiger partial charge in [-0.2, -0.15) is 0 Å². The molecule has 0 heterocycles. The molecule has 1 aromatic rings. The molecule has 1 aromatic carbocycles. The molecule has 0 spiro atoms. The number of rotatable bonds is 10. The van der Waals surface area contributed by atoms with E-state index in [1.165, 1.54) is 32.1 Å². The van der Waals surface area contributed by atoms with Crippen molar-refractivity contribution in [3.63, 3.8) is 0 Å². The Morgan fingerprint density at radius 2 is 1.80 bits per heavy atom. The van der Waals surface area contributed by atoms with Crippen LogP contribution in [0.2, 0.25) is 0 Å². The molecule has 1 rings (SSSR count). The average molecular weight is 279 g/mol. The third-order valence-electron chi connectivity index (χ3n) is 3.64. The number of nitrogens with one attached hydrogen (secondary N) is 1. The number of ether oxygens (including phenoxy) is 1. The van der Waals surface area contributed by atoms with E-state index in [9.17, 15) is 5.11 Å². The van der Waals surface area contributed by atoms with Gasteiger partial charge in [0, 0.05) is 12.6 Å². The summed E-state index contributed by atoms with van der Waals surface area (Å²) >= 11 is 0. The lowest BCUT2D eigenvalue weighted by Crippen LogP contribution is -2.32. The molecule has 2 unspecified atom stereocenters. The highest BCUT2D eigenvalue weighted by molar-refractivity contribution is 5.28. The van der Waals surface area contributed by atoms with Gasteiger partial charge in [0.1, 0.15) is 5.75 Å². The van der Waals surface area contributed by atoms with E-state index in [2.05, 4.69) is 19.2 Å². The third-order valence-corrected chi connectivity index (χ3v) is 3.64. The Balaban J connectivity index is 2.44. The summed E-state index contributed by atoms with van der Waals surface area (Å²) < 4.78 is 5.13. The third kappa shape index (κ3) is 5.93. The summed E-state index contributed by atoms with van der Waals surface area (Å²) in [6.45, 7) is 5.04. The highest BCUT2D eigenvalue weighted by atomic mass is 16.5. The second-order valence-corrected chi connectivity index (χ2v) is 5.33. The highest BCUT2D eigenvalue weighted by Crippen LogP contribution is 2.17. The van der Waals surface area contributed by atoms with Crippen LogP contribution in [0.5, 0.6) is 5.75 Å². The molecule has 3 heteroatoms. The van der Waals surface area contributed by atoms with Gasteiger partial charge in [0.25, 0.3) is 0 Å². The van der Waals surface area contributed by atoms with E-state index in [0.717, 1.165) is 11.3 Å². The Kier molecular flexibility index (Phi) is 8.31. The predicted octanol–water partition coefficient (Wildman–Crippen LogP) is 3.68. The van der Waals surface area contributed by atoms with Crippen molar-refractivity contribution in [2.75, 3.05) is 13.7 Å². The number of hydrogen-bond donors (Lipinski definition) is 2. The Labute approximate surface area is 123 Å². The fourth-order valence-electron chi connectivity index (χ4n) is 2.37. The molecule has 20 heavy (non-hydrogen) atoms. The first-order valence-corrected chi connectivity index (χ1v) is 7.76. The number of hydrogen-bond acceptors (Lipinski definition) is 3. The van der Waals surface area contributed by atoms with E-state index in [0.29, 0.717) is 12.6 Å². The monoisotopic (exact) mass is 279 g/mol. The van der Waals surface area contributed by atoms with Crippen LogP contribution in [0.15, 0.2) is 24.3 Å². The molecule has 0 aromatic heterocycles. The quantitative estimate of drug-likeness (QED) is 0.686. The predicted molar refractivity (Wildman–Crippen MR) is 84.2 cm³/mol. The smallest absolute Gasteiger partial charge is 0.118 e. The SMILES string of the molecule is CCCCC(CCC)NCC(O)c1ccc(OC)cc1. The second kappa shape index (κ2) is 9.78. The van der Waals surface area contributed by atoms with Crippen molar-refractivity contribution in [3.05, 3.63) is 29.8 Å². The van der Waals surface area contributed by atoms with E-state index in [4.69, 9.17) is 4.74 Å². The zero-order chi connectivity index (χ0) is 14.8. The van der Waals surface area contributed by atoms with Crippen LogP contribution < -0.4 is 10.1 Å². The first-order valence-electron chi connectivity index (χ1n) is 7.76. The minimum Gasteiger partial charge on any atom is -0.497 e. The normalized spacial score (nSPS) is 14.0. The van der Waals surface area contributed by atoms with Crippen LogP contribution in [-0.4, -0.2) is 24.8 Å². The first kappa shape index (κ1) is 17.0. The molecule has 114 valence electrons. The topological polar surface area (TPSA) is 41.5 Å². The zero-order valence-corrected chi connectivity index (χ0v) is 13.1. The van der Waals surface area contributed by atoms with Crippen LogP contribution in [0.3, 0.4) is 0 Å². The molecule has 0 aliphatic heterocycles. The lowest BCUT2D eigenvalue weighted by atomic mass is 10.0. The van der Waals surface area contributed by atoms with Crippen LogP contribution in [0, 0.1) is 0 Å². The van der Waals surface area contributed by atoms with Gasteiger partial charge in [0.2, 0.25) is 0 Å². The van der Waals surface area contributed by atoms with E-state index in [-0.39, 0.29) is 0 Å². The van der Waals surface area contributed by atoms with Gasteiger partial charge in [-0.05, 0) is 30.5 Å². The summed E-state index contributed by atoms with van der Waals surface area (Å²) in [6, 6.07) is 8.14. The highest BCUT2D eigenvalue weighted by Gasteiger charge is 2.11. The number of aliphatic hydroxyl groups excluding tert-OH is 1. The van der Waals surface area contributed by atoms with Crippen molar-refractivity contribution in [2.24, 2.45) is 0 Å². The number of methoxy groups -OCH3 is 1. The Morgan fingerprint density at radius 1 is 1.10 bits per heavy atom. The molecular weight excluding hydrogens is 250 g/mol. The standard InChI is InChI=1S/C17H29NO2/c1-4-6-8-15(7-5-2)18-13-17(19)14-9-11-16(20-3)12-10-14/h9-12,15,17-19H,4-8,13H2,1-3H3. The summed E-state index contributed by atoms with van der Waals surface area (Å²) in [5.41, 5.74) is 0.934. The van der Waals surface area contributed by atoms with Gasteiger partial charge in [0.05, 0.1) is 13.2 Å². The number of benzene rings is 1. The van der Waals surface area contributed by atoms with E-state index in [1.807, 2.05) is 24.3 Å². The molecular formula is C17H29NO2. The fraction of sp³-hybridized carbons (Fsp3) is 0.647. The van der Waals surface area contributed by atoms with Crippen LogP contribution >= 0.6 is 0 Å². The Bertz CT molecular complexity index is 351. The Hall–Kier alpha value is -1.06.